The minimum absolute atomic E-state index is 0.373. The topological polar surface area (TPSA) is 102 Å². The van der Waals surface area contributed by atoms with Crippen molar-refractivity contribution >= 4 is 21.7 Å². The molecule has 0 bridgehead atoms. The van der Waals surface area contributed by atoms with Gasteiger partial charge in [0, 0.05) is 12.1 Å². The molecule has 0 aliphatic heterocycles. The normalized spacial score (nSPS) is 11.3. The van der Waals surface area contributed by atoms with Gasteiger partial charge in [0.05, 0.1) is 18.4 Å². The fraction of sp³-hybridized carbons (Fsp3) is 0.133. The molecular formula is C15H11F4NO6S. The predicted molar refractivity (Wildman–Crippen MR) is 83.8 cm³/mol. The van der Waals surface area contributed by atoms with E-state index in [1.807, 2.05) is 0 Å². The van der Waals surface area contributed by atoms with E-state index in [2.05, 4.69) is 4.74 Å². The molecule has 0 radical (unpaired) electrons. The molecule has 0 aliphatic rings. The van der Waals surface area contributed by atoms with Crippen LogP contribution in [-0.4, -0.2) is 33.2 Å². The van der Waals surface area contributed by atoms with Crippen molar-refractivity contribution in [2.24, 2.45) is 0 Å². The zero-order chi connectivity index (χ0) is 20.4. The number of aromatic carboxylic acids is 1. The van der Waals surface area contributed by atoms with Crippen LogP contribution in [0.3, 0.4) is 0 Å². The second-order valence-corrected chi connectivity index (χ2v) is 6.56. The molecule has 2 aromatic rings. The molecule has 0 saturated carbocycles. The first kappa shape index (κ1) is 20.3. The van der Waals surface area contributed by atoms with E-state index in [0.717, 1.165) is 13.2 Å². The highest BCUT2D eigenvalue weighted by Gasteiger charge is 2.25. The van der Waals surface area contributed by atoms with E-state index >= 15 is 0 Å². The van der Waals surface area contributed by atoms with Crippen molar-refractivity contribution in [3.8, 4) is 11.5 Å². The summed E-state index contributed by atoms with van der Waals surface area (Å²) in [5.74, 6) is -5.10. The maximum absolute atomic E-state index is 13.8. The molecule has 0 unspecified atom stereocenters. The minimum Gasteiger partial charge on any atom is -0.493 e. The second-order valence-electron chi connectivity index (χ2n) is 4.91. The molecule has 0 amide bonds. The molecule has 0 aliphatic carbocycles. The van der Waals surface area contributed by atoms with Gasteiger partial charge < -0.3 is 14.6 Å². The number of benzene rings is 2. The van der Waals surface area contributed by atoms with Crippen molar-refractivity contribution in [1.82, 2.24) is 0 Å². The van der Waals surface area contributed by atoms with Crippen LogP contribution in [0.25, 0.3) is 0 Å². The SMILES string of the molecule is COc1cc(C(=O)O)c(NS(=O)(=O)c2cc(F)ccc2F)cc1OC(F)F. The summed E-state index contributed by atoms with van der Waals surface area (Å²) < 4.78 is 87.2. The summed E-state index contributed by atoms with van der Waals surface area (Å²) >= 11 is 0. The van der Waals surface area contributed by atoms with E-state index in [4.69, 9.17) is 4.74 Å². The van der Waals surface area contributed by atoms with Crippen LogP contribution < -0.4 is 14.2 Å². The smallest absolute Gasteiger partial charge is 0.387 e. The number of methoxy groups -OCH3 is 1. The van der Waals surface area contributed by atoms with Gasteiger partial charge in [-0.15, -0.1) is 0 Å². The Morgan fingerprint density at radius 2 is 1.81 bits per heavy atom. The lowest BCUT2D eigenvalue weighted by molar-refractivity contribution is -0.0511. The first-order valence-corrected chi connectivity index (χ1v) is 8.41. The quantitative estimate of drug-likeness (QED) is 0.682. The first-order valence-electron chi connectivity index (χ1n) is 6.93. The molecule has 0 heterocycles. The summed E-state index contributed by atoms with van der Waals surface area (Å²) in [5, 5.41) is 9.21. The molecule has 7 nitrogen and oxygen atoms in total. The van der Waals surface area contributed by atoms with Gasteiger partial charge >= 0.3 is 12.6 Å². The van der Waals surface area contributed by atoms with Gasteiger partial charge in [-0.3, -0.25) is 4.72 Å². The molecule has 0 spiro atoms. The Balaban J connectivity index is 2.59. The van der Waals surface area contributed by atoms with E-state index in [1.54, 1.807) is 4.72 Å². The number of halogens is 4. The van der Waals surface area contributed by atoms with Crippen molar-refractivity contribution in [1.29, 1.82) is 0 Å². The largest absolute Gasteiger partial charge is 0.493 e. The number of rotatable bonds is 7. The maximum atomic E-state index is 13.8. The van der Waals surface area contributed by atoms with Gasteiger partial charge in [-0.2, -0.15) is 8.78 Å². The summed E-state index contributed by atoms with van der Waals surface area (Å²) in [6, 6.07) is 2.97. The second kappa shape index (κ2) is 7.70. The van der Waals surface area contributed by atoms with Crippen molar-refractivity contribution in [3.05, 3.63) is 47.5 Å². The number of carbonyl (C=O) groups is 1. The number of hydrogen-bond donors (Lipinski definition) is 2. The van der Waals surface area contributed by atoms with E-state index in [1.165, 1.54) is 0 Å². The fourth-order valence-corrected chi connectivity index (χ4v) is 3.21. The Bertz CT molecular complexity index is 981. The highest BCUT2D eigenvalue weighted by Crippen LogP contribution is 2.35. The van der Waals surface area contributed by atoms with E-state index < -0.39 is 61.9 Å². The average Bonchev–Trinajstić information content (AvgIpc) is 2.56. The summed E-state index contributed by atoms with van der Waals surface area (Å²) in [6.45, 7) is -3.32. The monoisotopic (exact) mass is 409 g/mol. The third-order valence-corrected chi connectivity index (χ3v) is 4.56. The number of ether oxygens (including phenoxy) is 2. The molecule has 2 rings (SSSR count). The number of sulfonamides is 1. The lowest BCUT2D eigenvalue weighted by atomic mass is 10.1. The number of carboxylic acid groups (broad SMARTS) is 1. The van der Waals surface area contributed by atoms with Gasteiger partial charge in [-0.1, -0.05) is 0 Å². The summed E-state index contributed by atoms with van der Waals surface area (Å²) in [6.07, 6.45) is 0. The molecule has 2 N–H and O–H groups in total. The van der Waals surface area contributed by atoms with Crippen LogP contribution in [0.15, 0.2) is 35.2 Å². The van der Waals surface area contributed by atoms with Gasteiger partial charge in [0.25, 0.3) is 10.0 Å². The highest BCUT2D eigenvalue weighted by atomic mass is 32.2. The number of hydrogen-bond acceptors (Lipinski definition) is 5. The van der Waals surface area contributed by atoms with Crippen LogP contribution in [0.1, 0.15) is 10.4 Å². The number of anilines is 1. The lowest BCUT2D eigenvalue weighted by Crippen LogP contribution is -2.17. The number of carboxylic acids is 1. The third kappa shape index (κ3) is 4.58. The Hall–Kier alpha value is -3.02. The summed E-state index contributed by atoms with van der Waals surface area (Å²) in [7, 11) is -3.75. The van der Waals surface area contributed by atoms with E-state index in [9.17, 15) is 35.9 Å². The maximum Gasteiger partial charge on any atom is 0.387 e. The van der Waals surface area contributed by atoms with Crippen molar-refractivity contribution < 1.29 is 45.4 Å². The molecule has 0 saturated heterocycles. The molecule has 27 heavy (non-hydrogen) atoms. The average molecular weight is 409 g/mol. The molecule has 0 fully saturated rings. The van der Waals surface area contributed by atoms with Crippen LogP contribution in [0.4, 0.5) is 23.2 Å². The summed E-state index contributed by atoms with van der Waals surface area (Å²) in [5.41, 5.74) is -1.42. The van der Waals surface area contributed by atoms with Crippen LogP contribution in [0.5, 0.6) is 11.5 Å². The Morgan fingerprint density at radius 1 is 1.15 bits per heavy atom. The first-order chi connectivity index (χ1) is 12.5. The lowest BCUT2D eigenvalue weighted by Gasteiger charge is -2.16. The predicted octanol–water partition coefficient (Wildman–Crippen LogP) is 3.07. The van der Waals surface area contributed by atoms with Crippen LogP contribution >= 0.6 is 0 Å². The molecule has 146 valence electrons. The number of alkyl halides is 2. The Kier molecular flexibility index (Phi) is 5.78. The fourth-order valence-electron chi connectivity index (χ4n) is 2.05. The van der Waals surface area contributed by atoms with E-state index in [-0.39, 0.29) is 0 Å². The summed E-state index contributed by atoms with van der Waals surface area (Å²) in [4.78, 5) is 10.2. The Morgan fingerprint density at radius 3 is 2.37 bits per heavy atom. The van der Waals surface area contributed by atoms with Gasteiger partial charge in [-0.25, -0.2) is 22.0 Å². The van der Waals surface area contributed by atoms with Crippen LogP contribution in [0.2, 0.25) is 0 Å². The molecule has 2 aromatic carbocycles. The van der Waals surface area contributed by atoms with Gasteiger partial charge in [0.2, 0.25) is 0 Å². The van der Waals surface area contributed by atoms with Crippen molar-refractivity contribution in [2.75, 3.05) is 11.8 Å². The Labute approximate surface area is 150 Å². The zero-order valence-corrected chi connectivity index (χ0v) is 14.2. The van der Waals surface area contributed by atoms with Gasteiger partial charge in [-0.05, 0) is 18.2 Å². The number of nitrogens with one attached hydrogen (secondary N) is 1. The molecule has 12 heteroatoms. The highest BCUT2D eigenvalue weighted by molar-refractivity contribution is 7.92. The van der Waals surface area contributed by atoms with Crippen molar-refractivity contribution in [3.63, 3.8) is 0 Å². The van der Waals surface area contributed by atoms with Gasteiger partial charge in [0.1, 0.15) is 16.5 Å². The molecular weight excluding hydrogens is 398 g/mol. The minimum atomic E-state index is -4.80. The van der Waals surface area contributed by atoms with Crippen molar-refractivity contribution in [2.45, 2.75) is 11.5 Å². The molecule has 0 atom stereocenters. The molecule has 0 aromatic heterocycles. The van der Waals surface area contributed by atoms with Gasteiger partial charge in [0.15, 0.2) is 11.5 Å². The standard InChI is InChI=1S/C15H11F4NO6S/c1-25-11-5-8(14(21)22)10(6-12(11)26-15(18)19)20-27(23,24)13-4-7(16)2-3-9(13)17/h2-6,15,20H,1H3,(H,21,22). The van der Waals surface area contributed by atoms with Crippen LogP contribution in [-0.2, 0) is 10.0 Å². The van der Waals surface area contributed by atoms with E-state index in [0.29, 0.717) is 24.3 Å². The van der Waals surface area contributed by atoms with Crippen LogP contribution in [0, 0.1) is 11.6 Å². The zero-order valence-electron chi connectivity index (χ0n) is 13.4. The third-order valence-electron chi connectivity index (χ3n) is 3.18.